The minimum atomic E-state index is -0.565. The molecule has 30 heavy (non-hydrogen) atoms. The number of carbonyl (C=O) groups is 3. The van der Waals surface area contributed by atoms with Gasteiger partial charge in [-0.1, -0.05) is 12.1 Å². The topological polar surface area (TPSA) is 105 Å². The second-order valence-electron chi connectivity index (χ2n) is 8.38. The predicted molar refractivity (Wildman–Crippen MR) is 110 cm³/mol. The van der Waals surface area contributed by atoms with Crippen LogP contribution in [-0.4, -0.2) is 65.9 Å². The number of carbonyl (C=O) groups excluding carboxylic acids is 3. The van der Waals surface area contributed by atoms with Crippen molar-refractivity contribution in [1.29, 1.82) is 0 Å². The Morgan fingerprint density at radius 2 is 1.93 bits per heavy atom. The molecule has 0 spiro atoms. The van der Waals surface area contributed by atoms with E-state index in [2.05, 4.69) is 16.3 Å². The van der Waals surface area contributed by atoms with Crippen molar-refractivity contribution in [3.8, 4) is 0 Å². The molecule has 3 heterocycles. The zero-order valence-corrected chi connectivity index (χ0v) is 17.3. The van der Waals surface area contributed by atoms with E-state index in [1.54, 1.807) is 4.90 Å². The summed E-state index contributed by atoms with van der Waals surface area (Å²) in [6.45, 7) is 4.57. The molecule has 0 radical (unpaired) electrons. The highest BCUT2D eigenvalue weighted by atomic mass is 16.5. The Bertz CT molecular complexity index is 819. The normalized spacial score (nSPS) is 23.0. The fourth-order valence-electron chi connectivity index (χ4n) is 4.53. The van der Waals surface area contributed by atoms with Crippen LogP contribution in [0.1, 0.15) is 53.6 Å². The number of rotatable bonds is 7. The number of imide groups is 1. The summed E-state index contributed by atoms with van der Waals surface area (Å²) in [6.07, 6.45) is 3.90. The molecule has 1 unspecified atom stereocenters. The van der Waals surface area contributed by atoms with Crippen molar-refractivity contribution in [2.24, 2.45) is 5.73 Å². The molecule has 3 aliphatic rings. The molecule has 2 fully saturated rings. The highest BCUT2D eigenvalue weighted by molar-refractivity contribution is 6.05. The molecular weight excluding hydrogens is 384 g/mol. The zero-order valence-electron chi connectivity index (χ0n) is 17.3. The van der Waals surface area contributed by atoms with E-state index < -0.39 is 6.04 Å². The van der Waals surface area contributed by atoms with Crippen molar-refractivity contribution in [2.45, 2.75) is 57.3 Å². The van der Waals surface area contributed by atoms with E-state index in [4.69, 9.17) is 10.5 Å². The fraction of sp³-hybridized carbons (Fsp3) is 0.591. The maximum absolute atomic E-state index is 13.0. The van der Waals surface area contributed by atoms with Gasteiger partial charge < -0.3 is 15.4 Å². The van der Waals surface area contributed by atoms with Crippen LogP contribution in [0.15, 0.2) is 18.2 Å². The van der Waals surface area contributed by atoms with Crippen LogP contribution in [-0.2, 0) is 27.4 Å². The first-order valence-corrected chi connectivity index (χ1v) is 10.9. The van der Waals surface area contributed by atoms with Crippen molar-refractivity contribution in [3.63, 3.8) is 0 Å². The SMILES string of the molecule is NCCCOC1CCN(Cc2ccc3c(c2)C(=O)N(C2CCC(=O)NC2=O)C3)CC1. The standard InChI is InChI=1S/C22H30N4O4/c23-8-1-11-30-17-6-9-25(10-7-17)13-15-2-3-16-14-26(22(29)18(16)12-15)19-4-5-20(27)24-21(19)28/h2-3,12,17,19H,1,4-11,13-14,23H2,(H,24,27,28). The van der Waals surface area contributed by atoms with Crippen molar-refractivity contribution in [2.75, 3.05) is 26.2 Å². The quantitative estimate of drug-likeness (QED) is 0.505. The maximum atomic E-state index is 13.0. The van der Waals surface area contributed by atoms with Crippen molar-refractivity contribution in [3.05, 3.63) is 34.9 Å². The molecule has 162 valence electrons. The van der Waals surface area contributed by atoms with Crippen LogP contribution in [0.25, 0.3) is 0 Å². The smallest absolute Gasteiger partial charge is 0.255 e. The van der Waals surface area contributed by atoms with Crippen LogP contribution in [0, 0.1) is 0 Å². The lowest BCUT2D eigenvalue weighted by atomic mass is 10.0. The summed E-state index contributed by atoms with van der Waals surface area (Å²) in [5.41, 5.74) is 8.24. The number of nitrogens with two attached hydrogens (primary N) is 1. The van der Waals surface area contributed by atoms with E-state index in [0.717, 1.165) is 56.6 Å². The van der Waals surface area contributed by atoms with Gasteiger partial charge in [-0.25, -0.2) is 0 Å². The lowest BCUT2D eigenvalue weighted by molar-refractivity contribution is -0.136. The monoisotopic (exact) mass is 414 g/mol. The summed E-state index contributed by atoms with van der Waals surface area (Å²) in [5.74, 6) is -0.756. The molecule has 1 aromatic rings. The Kier molecular flexibility index (Phi) is 6.46. The maximum Gasteiger partial charge on any atom is 0.255 e. The van der Waals surface area contributed by atoms with Gasteiger partial charge in [-0.2, -0.15) is 0 Å². The third-order valence-corrected chi connectivity index (χ3v) is 6.24. The Hall–Kier alpha value is -2.29. The molecule has 0 aromatic heterocycles. The third-order valence-electron chi connectivity index (χ3n) is 6.24. The third kappa shape index (κ3) is 4.55. The van der Waals surface area contributed by atoms with Crippen molar-refractivity contribution >= 4 is 17.7 Å². The van der Waals surface area contributed by atoms with Gasteiger partial charge >= 0.3 is 0 Å². The van der Waals surface area contributed by atoms with E-state index in [1.807, 2.05) is 12.1 Å². The molecule has 1 aromatic carbocycles. The molecule has 3 amide bonds. The van der Waals surface area contributed by atoms with Crippen LogP contribution >= 0.6 is 0 Å². The van der Waals surface area contributed by atoms with E-state index >= 15 is 0 Å². The molecule has 0 saturated carbocycles. The summed E-state index contributed by atoms with van der Waals surface area (Å²) in [7, 11) is 0. The Labute approximate surface area is 176 Å². The van der Waals surface area contributed by atoms with Gasteiger partial charge in [0, 0.05) is 44.8 Å². The highest BCUT2D eigenvalue weighted by Gasteiger charge is 2.39. The minimum Gasteiger partial charge on any atom is -0.378 e. The number of fused-ring (bicyclic) bond motifs is 1. The van der Waals surface area contributed by atoms with Gasteiger partial charge in [0.2, 0.25) is 11.8 Å². The molecule has 8 heteroatoms. The van der Waals surface area contributed by atoms with E-state index in [9.17, 15) is 14.4 Å². The highest BCUT2D eigenvalue weighted by Crippen LogP contribution is 2.29. The van der Waals surface area contributed by atoms with E-state index in [0.29, 0.717) is 31.2 Å². The second kappa shape index (κ2) is 9.24. The number of piperidine rings is 2. The summed E-state index contributed by atoms with van der Waals surface area (Å²) in [4.78, 5) is 40.5. The van der Waals surface area contributed by atoms with E-state index in [-0.39, 0.29) is 24.1 Å². The minimum absolute atomic E-state index is 0.117. The van der Waals surface area contributed by atoms with Gasteiger partial charge in [-0.15, -0.1) is 0 Å². The zero-order chi connectivity index (χ0) is 21.1. The predicted octanol–water partition coefficient (Wildman–Crippen LogP) is 0.777. The lowest BCUT2D eigenvalue weighted by Crippen LogP contribution is -2.52. The first kappa shape index (κ1) is 21.0. The Balaban J connectivity index is 1.34. The molecule has 2 saturated heterocycles. The molecule has 3 aliphatic heterocycles. The number of ether oxygens (including phenoxy) is 1. The average molecular weight is 415 g/mol. The van der Waals surface area contributed by atoms with Gasteiger partial charge in [0.05, 0.1) is 6.10 Å². The largest absolute Gasteiger partial charge is 0.378 e. The summed E-state index contributed by atoms with van der Waals surface area (Å²) >= 11 is 0. The Morgan fingerprint density at radius 1 is 1.13 bits per heavy atom. The number of hydrogen-bond acceptors (Lipinski definition) is 6. The number of benzene rings is 1. The van der Waals surface area contributed by atoms with Gasteiger partial charge in [0.15, 0.2) is 0 Å². The first-order chi connectivity index (χ1) is 14.5. The molecule has 4 rings (SSSR count). The molecule has 0 bridgehead atoms. The Morgan fingerprint density at radius 3 is 2.67 bits per heavy atom. The molecule has 3 N–H and O–H groups in total. The van der Waals surface area contributed by atoms with Gasteiger partial charge in [-0.3, -0.25) is 24.6 Å². The van der Waals surface area contributed by atoms with Gasteiger partial charge in [0.25, 0.3) is 5.91 Å². The molecule has 0 aliphatic carbocycles. The van der Waals surface area contributed by atoms with Crippen LogP contribution in [0.4, 0.5) is 0 Å². The second-order valence-corrected chi connectivity index (χ2v) is 8.38. The van der Waals surface area contributed by atoms with Crippen LogP contribution in [0.3, 0.4) is 0 Å². The summed E-state index contributed by atoms with van der Waals surface area (Å²) in [6, 6.07) is 5.47. The molecule has 8 nitrogen and oxygen atoms in total. The number of likely N-dealkylation sites (tertiary alicyclic amines) is 1. The van der Waals surface area contributed by atoms with Crippen molar-refractivity contribution < 1.29 is 19.1 Å². The average Bonchev–Trinajstić information content (AvgIpc) is 3.05. The molecule has 1 atom stereocenters. The summed E-state index contributed by atoms with van der Waals surface area (Å²) in [5, 5.41) is 2.34. The van der Waals surface area contributed by atoms with Crippen molar-refractivity contribution in [1.82, 2.24) is 15.1 Å². The van der Waals surface area contributed by atoms with Crippen LogP contribution in [0.5, 0.6) is 0 Å². The van der Waals surface area contributed by atoms with Crippen LogP contribution in [0.2, 0.25) is 0 Å². The number of amides is 3. The van der Waals surface area contributed by atoms with Gasteiger partial charge in [-0.05, 0) is 49.4 Å². The van der Waals surface area contributed by atoms with Crippen LogP contribution < -0.4 is 11.1 Å². The van der Waals surface area contributed by atoms with Gasteiger partial charge in [0.1, 0.15) is 6.04 Å². The van der Waals surface area contributed by atoms with E-state index in [1.165, 1.54) is 0 Å². The lowest BCUT2D eigenvalue weighted by Gasteiger charge is -2.32. The number of hydrogen-bond donors (Lipinski definition) is 2. The number of nitrogens with zero attached hydrogens (tertiary/aromatic N) is 2. The fourth-order valence-corrected chi connectivity index (χ4v) is 4.53. The first-order valence-electron chi connectivity index (χ1n) is 10.9. The summed E-state index contributed by atoms with van der Waals surface area (Å²) < 4.78 is 5.87. The number of nitrogens with one attached hydrogen (secondary N) is 1. The molecular formula is C22H30N4O4.